The fourth-order valence-electron chi connectivity index (χ4n) is 4.44. The van der Waals surface area contributed by atoms with Crippen LogP contribution < -0.4 is 10.2 Å². The molecule has 26 heavy (non-hydrogen) atoms. The van der Waals surface area contributed by atoms with Crippen LogP contribution in [0, 0.1) is 0 Å². The van der Waals surface area contributed by atoms with Crippen LogP contribution >= 0.6 is 11.3 Å². The fraction of sp³-hybridized carbons (Fsp3) is 0.789. The van der Waals surface area contributed by atoms with Gasteiger partial charge in [0, 0.05) is 57.6 Å². The van der Waals surface area contributed by atoms with Gasteiger partial charge in [-0.2, -0.15) is 0 Å². The van der Waals surface area contributed by atoms with Crippen LogP contribution in [0.25, 0.3) is 0 Å². The Labute approximate surface area is 161 Å². The van der Waals surface area contributed by atoms with Crippen molar-refractivity contribution in [3.05, 3.63) is 11.1 Å². The summed E-state index contributed by atoms with van der Waals surface area (Å²) in [4.78, 5) is 16.9. The van der Waals surface area contributed by atoms with E-state index in [9.17, 15) is 0 Å². The van der Waals surface area contributed by atoms with Crippen LogP contribution in [0.3, 0.4) is 0 Å². The largest absolute Gasteiger partial charge is 0.356 e. The van der Waals surface area contributed by atoms with Crippen LogP contribution in [0.1, 0.15) is 37.8 Å². The topological polar surface area (TPSA) is 47.0 Å². The Balaban J connectivity index is 1.23. The highest BCUT2D eigenvalue weighted by Crippen LogP contribution is 2.24. The minimum atomic E-state index is 0.720. The molecule has 7 heteroatoms. The van der Waals surface area contributed by atoms with Crippen LogP contribution in [0.4, 0.5) is 5.13 Å². The van der Waals surface area contributed by atoms with Crippen molar-refractivity contribution in [3.63, 3.8) is 0 Å². The molecule has 6 nitrogen and oxygen atoms in total. The number of hydrogen-bond donors (Lipinski definition) is 1. The lowest BCUT2D eigenvalue weighted by Gasteiger charge is -2.25. The first-order valence-electron chi connectivity index (χ1n) is 10.2. The summed E-state index contributed by atoms with van der Waals surface area (Å²) in [5.41, 5.74) is 1.20. The fourth-order valence-corrected chi connectivity index (χ4v) is 5.35. The summed E-state index contributed by atoms with van der Waals surface area (Å²) in [6.45, 7) is 8.06. The number of anilines is 1. The molecule has 0 aromatic carbocycles. The van der Waals surface area contributed by atoms with Crippen molar-refractivity contribution in [2.75, 3.05) is 57.8 Å². The zero-order valence-electron chi connectivity index (χ0n) is 16.0. The van der Waals surface area contributed by atoms with Gasteiger partial charge < -0.3 is 15.1 Å². The summed E-state index contributed by atoms with van der Waals surface area (Å²) in [6, 6.07) is 0.720. The third-order valence-electron chi connectivity index (χ3n) is 5.91. The van der Waals surface area contributed by atoms with Gasteiger partial charge in [0.25, 0.3) is 0 Å². The van der Waals surface area contributed by atoms with Gasteiger partial charge in [-0.15, -0.1) is 11.3 Å². The second-order valence-electron chi connectivity index (χ2n) is 7.67. The summed E-state index contributed by atoms with van der Waals surface area (Å²) in [6.07, 6.45) is 7.59. The van der Waals surface area contributed by atoms with E-state index in [1.807, 2.05) is 7.05 Å². The molecule has 0 amide bonds. The number of likely N-dealkylation sites (tertiary alicyclic amines) is 2. The van der Waals surface area contributed by atoms with Crippen molar-refractivity contribution < 1.29 is 0 Å². The molecular weight excluding hydrogens is 344 g/mol. The van der Waals surface area contributed by atoms with Gasteiger partial charge >= 0.3 is 0 Å². The molecule has 0 spiro atoms. The first-order valence-corrected chi connectivity index (χ1v) is 11.1. The summed E-state index contributed by atoms with van der Waals surface area (Å²) in [5, 5.41) is 6.98. The lowest BCUT2D eigenvalue weighted by atomic mass is 10.2. The molecule has 1 aromatic heterocycles. The van der Waals surface area contributed by atoms with Crippen molar-refractivity contribution in [2.24, 2.45) is 4.99 Å². The summed E-state index contributed by atoms with van der Waals surface area (Å²) >= 11 is 1.79. The lowest BCUT2D eigenvalue weighted by molar-refractivity contribution is 0.249. The van der Waals surface area contributed by atoms with Crippen LogP contribution in [0.2, 0.25) is 0 Å². The maximum atomic E-state index is 4.82. The molecule has 144 valence electrons. The second-order valence-corrected chi connectivity index (χ2v) is 8.51. The molecule has 0 radical (unpaired) electrons. The summed E-state index contributed by atoms with van der Waals surface area (Å²) in [7, 11) is 1.90. The highest BCUT2D eigenvalue weighted by Gasteiger charge is 2.30. The molecule has 3 fully saturated rings. The van der Waals surface area contributed by atoms with Gasteiger partial charge in [0.1, 0.15) is 0 Å². The minimum Gasteiger partial charge on any atom is -0.356 e. The van der Waals surface area contributed by atoms with E-state index >= 15 is 0 Å². The maximum absolute atomic E-state index is 4.82. The minimum absolute atomic E-state index is 0.720. The molecule has 4 heterocycles. The van der Waals surface area contributed by atoms with Crippen molar-refractivity contribution >= 4 is 22.4 Å². The Hall–Kier alpha value is -1.34. The molecule has 0 aliphatic carbocycles. The number of hydrogen-bond acceptors (Lipinski definition) is 5. The molecule has 1 aromatic rings. The van der Waals surface area contributed by atoms with Gasteiger partial charge in [-0.25, -0.2) is 4.98 Å². The van der Waals surface area contributed by atoms with E-state index in [1.54, 1.807) is 11.3 Å². The molecule has 4 rings (SSSR count). The van der Waals surface area contributed by atoms with E-state index in [-0.39, 0.29) is 0 Å². The van der Waals surface area contributed by atoms with Gasteiger partial charge in [0.2, 0.25) is 0 Å². The van der Waals surface area contributed by atoms with E-state index in [4.69, 9.17) is 4.98 Å². The SMILES string of the molecule is CN=C(NCCc1csc(N2CCCC2)n1)N1CCC(N2CCCC2)C1. The third-order valence-corrected chi connectivity index (χ3v) is 6.86. The molecule has 1 unspecified atom stereocenters. The molecule has 0 saturated carbocycles. The van der Waals surface area contributed by atoms with E-state index in [1.165, 1.54) is 69.1 Å². The standard InChI is InChI=1S/C19H32N6S/c1-20-18(25-13-7-17(14-25)23-9-2-3-10-23)21-8-6-16-15-26-19(22-16)24-11-4-5-12-24/h15,17H,2-14H2,1H3,(H,20,21). The van der Waals surface area contributed by atoms with Crippen LogP contribution in [-0.2, 0) is 6.42 Å². The van der Waals surface area contributed by atoms with E-state index in [0.717, 1.165) is 38.1 Å². The quantitative estimate of drug-likeness (QED) is 0.629. The lowest BCUT2D eigenvalue weighted by Crippen LogP contribution is -2.43. The van der Waals surface area contributed by atoms with Gasteiger partial charge in [-0.05, 0) is 45.2 Å². The Morgan fingerprint density at radius 1 is 1.19 bits per heavy atom. The van der Waals surface area contributed by atoms with Crippen LogP contribution in [0.5, 0.6) is 0 Å². The Morgan fingerprint density at radius 2 is 1.96 bits per heavy atom. The Kier molecular flexibility index (Phi) is 5.94. The third kappa shape index (κ3) is 4.14. The van der Waals surface area contributed by atoms with E-state index in [2.05, 4.69) is 30.4 Å². The van der Waals surface area contributed by atoms with Crippen LogP contribution in [-0.4, -0.2) is 79.6 Å². The average molecular weight is 377 g/mol. The number of aliphatic imine (C=N–C) groups is 1. The van der Waals surface area contributed by atoms with Crippen molar-refractivity contribution in [1.29, 1.82) is 0 Å². The molecule has 0 bridgehead atoms. The predicted molar refractivity (Wildman–Crippen MR) is 109 cm³/mol. The summed E-state index contributed by atoms with van der Waals surface area (Å²) < 4.78 is 0. The van der Waals surface area contributed by atoms with Gasteiger partial charge in [-0.1, -0.05) is 0 Å². The highest BCUT2D eigenvalue weighted by atomic mass is 32.1. The number of aromatic nitrogens is 1. The maximum Gasteiger partial charge on any atom is 0.193 e. The molecule has 1 N–H and O–H groups in total. The van der Waals surface area contributed by atoms with Crippen molar-refractivity contribution in [2.45, 2.75) is 44.6 Å². The predicted octanol–water partition coefficient (Wildman–Crippen LogP) is 2.03. The molecule has 1 atom stereocenters. The number of guanidine groups is 1. The zero-order valence-corrected chi connectivity index (χ0v) is 16.8. The number of rotatable bonds is 5. The van der Waals surface area contributed by atoms with Gasteiger partial charge in [0.05, 0.1) is 5.69 Å². The highest BCUT2D eigenvalue weighted by molar-refractivity contribution is 7.13. The Bertz CT molecular complexity index is 603. The average Bonchev–Trinajstić information content (AvgIpc) is 3.45. The normalized spacial score (nSPS) is 24.8. The van der Waals surface area contributed by atoms with Crippen molar-refractivity contribution in [3.8, 4) is 0 Å². The molecule has 3 aliphatic rings. The molecule has 3 aliphatic heterocycles. The monoisotopic (exact) mass is 376 g/mol. The van der Waals surface area contributed by atoms with Gasteiger partial charge in [-0.3, -0.25) is 9.89 Å². The first-order chi connectivity index (χ1) is 12.8. The number of nitrogens with zero attached hydrogens (tertiary/aromatic N) is 5. The van der Waals surface area contributed by atoms with E-state index < -0.39 is 0 Å². The molecule has 3 saturated heterocycles. The summed E-state index contributed by atoms with van der Waals surface area (Å²) in [5.74, 6) is 1.06. The molecular formula is C19H32N6S. The van der Waals surface area contributed by atoms with E-state index in [0.29, 0.717) is 0 Å². The zero-order chi connectivity index (χ0) is 17.8. The number of thiazole rings is 1. The number of nitrogens with one attached hydrogen (secondary N) is 1. The van der Waals surface area contributed by atoms with Gasteiger partial charge in [0.15, 0.2) is 11.1 Å². The smallest absolute Gasteiger partial charge is 0.193 e. The second kappa shape index (κ2) is 8.57. The van der Waals surface area contributed by atoms with Crippen LogP contribution in [0.15, 0.2) is 10.4 Å². The first kappa shape index (κ1) is 18.0. The van der Waals surface area contributed by atoms with Crippen molar-refractivity contribution in [1.82, 2.24) is 20.1 Å². The Morgan fingerprint density at radius 3 is 2.73 bits per heavy atom.